The van der Waals surface area contributed by atoms with Crippen LogP contribution in [0.2, 0.25) is 12.1 Å². The van der Waals surface area contributed by atoms with Gasteiger partial charge in [-0.25, -0.2) is 0 Å². The third-order valence-electron chi connectivity index (χ3n) is 5.32. The summed E-state index contributed by atoms with van der Waals surface area (Å²) in [5.41, 5.74) is 0. The van der Waals surface area contributed by atoms with Gasteiger partial charge in [0.15, 0.2) is 0 Å². The minimum absolute atomic E-state index is 1.18. The van der Waals surface area contributed by atoms with Crippen LogP contribution in [0.5, 0.6) is 0 Å². The van der Waals surface area contributed by atoms with Crippen LogP contribution in [-0.2, 0) is 8.85 Å². The van der Waals surface area contributed by atoms with Gasteiger partial charge >= 0.3 is 8.56 Å². The van der Waals surface area contributed by atoms with Crippen LogP contribution in [0.25, 0.3) is 0 Å². The molecule has 0 aromatic heterocycles. The normalized spacial score (nSPS) is 12.0. The van der Waals surface area contributed by atoms with Crippen LogP contribution < -0.4 is 0 Å². The Kier molecular flexibility index (Phi) is 18.0. The maximum atomic E-state index is 5.89. The Morgan fingerprint density at radius 2 is 0.750 bits per heavy atom. The molecule has 0 atom stereocenters. The molecule has 0 aromatic rings. The van der Waals surface area contributed by atoms with Crippen molar-refractivity contribution in [2.24, 2.45) is 0 Å². The summed E-state index contributed by atoms with van der Waals surface area (Å²) in [6.07, 6.45) is 20.6. The first-order valence-corrected chi connectivity index (χ1v) is 13.1. The predicted molar refractivity (Wildman–Crippen MR) is 110 cm³/mol. The van der Waals surface area contributed by atoms with Crippen LogP contribution in [0.1, 0.15) is 110 Å². The van der Waals surface area contributed by atoms with Gasteiger partial charge in [0.05, 0.1) is 0 Å². The van der Waals surface area contributed by atoms with Gasteiger partial charge in [0, 0.05) is 14.2 Å². The molecular weight excluding hydrogens is 312 g/mol. The second kappa shape index (κ2) is 17.9. The molecule has 0 aliphatic carbocycles. The van der Waals surface area contributed by atoms with Crippen LogP contribution >= 0.6 is 0 Å². The second-order valence-corrected chi connectivity index (χ2v) is 11.1. The van der Waals surface area contributed by atoms with E-state index in [-0.39, 0.29) is 0 Å². The molecule has 0 N–H and O–H groups in total. The molecule has 0 rings (SSSR count). The zero-order chi connectivity index (χ0) is 17.9. The van der Waals surface area contributed by atoms with Gasteiger partial charge in [-0.05, 0) is 12.1 Å². The molecule has 0 aromatic carbocycles. The summed E-state index contributed by atoms with van der Waals surface area (Å²) >= 11 is 0. The average molecular weight is 359 g/mol. The number of hydrogen-bond acceptors (Lipinski definition) is 2. The molecule has 146 valence electrons. The van der Waals surface area contributed by atoms with E-state index in [0.717, 1.165) is 0 Å². The molecule has 0 amide bonds. The third-order valence-corrected chi connectivity index (χ3v) is 9.04. The predicted octanol–water partition coefficient (Wildman–Crippen LogP) is 7.61. The molecule has 2 nitrogen and oxygen atoms in total. The molecule has 0 radical (unpaired) electrons. The molecule has 0 aliphatic rings. The van der Waals surface area contributed by atoms with Gasteiger partial charge in [0.2, 0.25) is 0 Å². The smallest absolute Gasteiger partial charge is 0.337 e. The van der Waals surface area contributed by atoms with E-state index in [4.69, 9.17) is 8.85 Å². The SMILES string of the molecule is CCCCCCCCCCCC[Si](CCCCCCC)(OC)OC. The fourth-order valence-electron chi connectivity index (χ4n) is 3.50. The topological polar surface area (TPSA) is 18.5 Å². The van der Waals surface area contributed by atoms with Crippen molar-refractivity contribution in [2.75, 3.05) is 14.2 Å². The lowest BCUT2D eigenvalue weighted by molar-refractivity contribution is 0.238. The zero-order valence-corrected chi connectivity index (χ0v) is 18.3. The van der Waals surface area contributed by atoms with E-state index in [1.54, 1.807) is 0 Å². The first kappa shape index (κ1) is 24.1. The van der Waals surface area contributed by atoms with Gasteiger partial charge in [-0.2, -0.15) is 0 Å². The summed E-state index contributed by atoms with van der Waals surface area (Å²) < 4.78 is 11.8. The summed E-state index contributed by atoms with van der Waals surface area (Å²) in [5, 5.41) is 0. The van der Waals surface area contributed by atoms with Crippen LogP contribution in [0.15, 0.2) is 0 Å². The highest BCUT2D eigenvalue weighted by atomic mass is 28.4. The minimum atomic E-state index is -1.89. The van der Waals surface area contributed by atoms with E-state index in [1.807, 2.05) is 14.2 Å². The van der Waals surface area contributed by atoms with Crippen molar-refractivity contribution in [1.29, 1.82) is 0 Å². The van der Waals surface area contributed by atoms with Crippen molar-refractivity contribution in [1.82, 2.24) is 0 Å². The standard InChI is InChI=1S/C21H46O2Si/c1-5-7-9-11-12-13-14-15-17-19-21-24(22-3,23-4)20-18-16-10-8-6-2/h5-21H2,1-4H3. The Morgan fingerprint density at radius 3 is 1.04 bits per heavy atom. The number of hydrogen-bond donors (Lipinski definition) is 0. The molecule has 0 unspecified atom stereocenters. The maximum absolute atomic E-state index is 5.89. The van der Waals surface area contributed by atoms with Gasteiger partial charge in [0.1, 0.15) is 0 Å². The van der Waals surface area contributed by atoms with Gasteiger partial charge in [-0.3, -0.25) is 0 Å². The summed E-state index contributed by atoms with van der Waals surface area (Å²) in [5.74, 6) is 0. The lowest BCUT2D eigenvalue weighted by Gasteiger charge is -2.27. The highest BCUT2D eigenvalue weighted by molar-refractivity contribution is 6.67. The maximum Gasteiger partial charge on any atom is 0.337 e. The Hall–Kier alpha value is 0.137. The molecule has 0 fully saturated rings. The average Bonchev–Trinajstić information content (AvgIpc) is 2.61. The highest BCUT2D eigenvalue weighted by Gasteiger charge is 2.33. The first-order chi connectivity index (χ1) is 11.7. The third kappa shape index (κ3) is 13.4. The minimum Gasteiger partial charge on any atom is -0.398 e. The molecular formula is C21H46O2Si. The quantitative estimate of drug-likeness (QED) is 0.175. The van der Waals surface area contributed by atoms with Crippen molar-refractivity contribution in [3.8, 4) is 0 Å². The monoisotopic (exact) mass is 358 g/mol. The molecule has 0 spiro atoms. The van der Waals surface area contributed by atoms with Crippen molar-refractivity contribution in [3.05, 3.63) is 0 Å². The van der Waals surface area contributed by atoms with Gasteiger partial charge in [0.25, 0.3) is 0 Å². The summed E-state index contributed by atoms with van der Waals surface area (Å²) in [7, 11) is 1.85. The van der Waals surface area contributed by atoms with E-state index in [2.05, 4.69) is 13.8 Å². The molecule has 0 heterocycles. The Labute approximate surface area is 154 Å². The van der Waals surface area contributed by atoms with Crippen LogP contribution in [0, 0.1) is 0 Å². The molecule has 0 aliphatic heterocycles. The van der Waals surface area contributed by atoms with E-state index in [0.29, 0.717) is 0 Å². The van der Waals surface area contributed by atoms with E-state index in [9.17, 15) is 0 Å². The van der Waals surface area contributed by atoms with Crippen molar-refractivity contribution >= 4 is 8.56 Å². The lowest BCUT2D eigenvalue weighted by Crippen LogP contribution is -2.39. The van der Waals surface area contributed by atoms with Crippen molar-refractivity contribution in [3.63, 3.8) is 0 Å². The molecule has 0 saturated carbocycles. The van der Waals surface area contributed by atoms with Gasteiger partial charge in [-0.15, -0.1) is 0 Å². The van der Waals surface area contributed by atoms with Crippen LogP contribution in [0.3, 0.4) is 0 Å². The Bertz CT molecular complexity index is 242. The molecule has 24 heavy (non-hydrogen) atoms. The first-order valence-electron chi connectivity index (χ1n) is 10.8. The van der Waals surface area contributed by atoms with Crippen LogP contribution in [0.4, 0.5) is 0 Å². The highest BCUT2D eigenvalue weighted by Crippen LogP contribution is 2.25. The Morgan fingerprint density at radius 1 is 0.458 bits per heavy atom. The summed E-state index contributed by atoms with van der Waals surface area (Å²) in [6.45, 7) is 4.56. The lowest BCUT2D eigenvalue weighted by atomic mass is 10.1. The summed E-state index contributed by atoms with van der Waals surface area (Å²) in [4.78, 5) is 0. The van der Waals surface area contributed by atoms with Crippen molar-refractivity contribution < 1.29 is 8.85 Å². The van der Waals surface area contributed by atoms with E-state index < -0.39 is 8.56 Å². The van der Waals surface area contributed by atoms with E-state index >= 15 is 0 Å². The second-order valence-electron chi connectivity index (χ2n) is 7.42. The largest absolute Gasteiger partial charge is 0.398 e. The fraction of sp³-hybridized carbons (Fsp3) is 1.00. The van der Waals surface area contributed by atoms with E-state index in [1.165, 1.54) is 108 Å². The van der Waals surface area contributed by atoms with Crippen molar-refractivity contribution in [2.45, 2.75) is 122 Å². The molecule has 0 bridgehead atoms. The molecule has 0 saturated heterocycles. The number of unbranched alkanes of at least 4 members (excludes halogenated alkanes) is 13. The fourth-order valence-corrected chi connectivity index (χ4v) is 6.31. The van der Waals surface area contributed by atoms with Crippen LogP contribution in [-0.4, -0.2) is 22.8 Å². The Balaban J connectivity index is 3.65. The molecule has 3 heteroatoms. The zero-order valence-electron chi connectivity index (χ0n) is 17.3. The summed E-state index contributed by atoms with van der Waals surface area (Å²) in [6, 6.07) is 2.37. The number of rotatable bonds is 19. The van der Waals surface area contributed by atoms with Gasteiger partial charge in [-0.1, -0.05) is 110 Å². The van der Waals surface area contributed by atoms with Gasteiger partial charge < -0.3 is 8.85 Å².